The number of nitrogens with zero attached hydrogens (tertiary/aromatic N) is 6. The highest BCUT2D eigenvalue weighted by atomic mass is 35.5. The Bertz CT molecular complexity index is 2150. The molecule has 5 aromatic rings. The summed E-state index contributed by atoms with van der Waals surface area (Å²) >= 11 is 0. The predicted octanol–water partition coefficient (Wildman–Crippen LogP) is 4.62. The minimum atomic E-state index is -1.21. The van der Waals surface area contributed by atoms with Crippen LogP contribution in [0, 0.1) is 28.5 Å². The molecule has 2 heterocycles. The Morgan fingerprint density at radius 3 is 2.39 bits per heavy atom. The molecule has 2 atom stereocenters. The summed E-state index contributed by atoms with van der Waals surface area (Å²) in [6.07, 6.45) is 0. The van der Waals surface area contributed by atoms with Gasteiger partial charge in [-0.2, -0.15) is 15.6 Å². The molecule has 2 N–H and O–H groups in total. The van der Waals surface area contributed by atoms with Gasteiger partial charge in [-0.15, -0.1) is 12.4 Å². The number of likely N-dealkylation sites (N-methyl/N-ethyl adjacent to an activating group) is 1. The van der Waals surface area contributed by atoms with E-state index in [1.165, 1.54) is 28.0 Å². The van der Waals surface area contributed by atoms with E-state index in [4.69, 9.17) is 5.10 Å². The van der Waals surface area contributed by atoms with Gasteiger partial charge in [-0.05, 0) is 74.6 Å². The smallest absolute Gasteiger partial charge is 0.258 e. The van der Waals surface area contributed by atoms with E-state index in [0.717, 1.165) is 17.5 Å². The molecular formula is C36H30ClFN8O3. The second-order valence-corrected chi connectivity index (χ2v) is 11.2. The van der Waals surface area contributed by atoms with E-state index in [1.807, 2.05) is 24.3 Å². The van der Waals surface area contributed by atoms with Crippen LogP contribution in [0.5, 0.6) is 0 Å². The number of hydrogen-bond donors (Lipinski definition) is 2. The van der Waals surface area contributed by atoms with Gasteiger partial charge in [-0.1, -0.05) is 30.3 Å². The van der Waals surface area contributed by atoms with Gasteiger partial charge in [0.2, 0.25) is 5.91 Å². The van der Waals surface area contributed by atoms with Crippen molar-refractivity contribution >= 4 is 52.4 Å². The summed E-state index contributed by atoms with van der Waals surface area (Å²) in [6, 6.07) is 26.5. The molecule has 246 valence electrons. The van der Waals surface area contributed by atoms with E-state index in [9.17, 15) is 29.3 Å². The van der Waals surface area contributed by atoms with E-state index in [-0.39, 0.29) is 42.3 Å². The number of carbonyl (C=O) groups is 3. The lowest BCUT2D eigenvalue weighted by Crippen LogP contribution is -2.55. The SMILES string of the molecule is CNC(C)C(=O)NC1CN(C(=O)c2ccc(F)cc2)c2cc(C#N)ccc2N(Cc2nn(-c3ccccc3C#N)c3ccccc23)C1=O.Cl. The Morgan fingerprint density at radius 2 is 1.67 bits per heavy atom. The highest BCUT2D eigenvalue weighted by Gasteiger charge is 2.38. The number of nitrogens with one attached hydrogen (secondary N) is 2. The number of amides is 3. The van der Waals surface area contributed by atoms with Gasteiger partial charge in [0.25, 0.3) is 11.8 Å². The van der Waals surface area contributed by atoms with Crippen molar-refractivity contribution in [2.75, 3.05) is 23.4 Å². The summed E-state index contributed by atoms with van der Waals surface area (Å²) < 4.78 is 15.4. The summed E-state index contributed by atoms with van der Waals surface area (Å²) in [4.78, 5) is 44.5. The number of carbonyl (C=O) groups excluding carboxylic acids is 3. The molecule has 0 saturated heterocycles. The summed E-state index contributed by atoms with van der Waals surface area (Å²) in [7, 11) is 1.61. The lowest BCUT2D eigenvalue weighted by molar-refractivity contribution is -0.128. The Hall–Kier alpha value is -6.08. The maximum absolute atomic E-state index is 14.5. The first-order chi connectivity index (χ1) is 23.2. The van der Waals surface area contributed by atoms with Gasteiger partial charge >= 0.3 is 0 Å². The third kappa shape index (κ3) is 6.56. The summed E-state index contributed by atoms with van der Waals surface area (Å²) in [5.41, 5.74) is 3.14. The molecule has 2 unspecified atom stereocenters. The Kier molecular flexibility index (Phi) is 10.0. The summed E-state index contributed by atoms with van der Waals surface area (Å²) in [6.45, 7) is 1.30. The minimum absolute atomic E-state index is 0. The first kappa shape index (κ1) is 34.3. The molecule has 13 heteroatoms. The molecule has 1 aromatic heterocycles. The van der Waals surface area contributed by atoms with Crippen LogP contribution < -0.4 is 20.4 Å². The Morgan fingerprint density at radius 1 is 0.959 bits per heavy atom. The molecule has 0 fully saturated rings. The van der Waals surface area contributed by atoms with Crippen LogP contribution in [0.3, 0.4) is 0 Å². The Balaban J connectivity index is 0.00000468. The highest BCUT2D eigenvalue weighted by molar-refractivity contribution is 6.13. The quantitative estimate of drug-likeness (QED) is 0.256. The average Bonchev–Trinajstić information content (AvgIpc) is 3.44. The van der Waals surface area contributed by atoms with Gasteiger partial charge in [0.1, 0.15) is 17.9 Å². The van der Waals surface area contributed by atoms with Crippen LogP contribution in [-0.2, 0) is 16.1 Å². The van der Waals surface area contributed by atoms with Gasteiger partial charge in [0.05, 0.1) is 64.6 Å². The van der Waals surface area contributed by atoms with Crippen LogP contribution in [0.2, 0.25) is 0 Å². The summed E-state index contributed by atoms with van der Waals surface area (Å²) in [5.74, 6) is -2.05. The maximum atomic E-state index is 14.5. The van der Waals surface area contributed by atoms with Gasteiger partial charge in [0, 0.05) is 10.9 Å². The zero-order valence-electron chi connectivity index (χ0n) is 26.4. The molecule has 4 aromatic carbocycles. The van der Waals surface area contributed by atoms with Gasteiger partial charge in [-0.25, -0.2) is 9.07 Å². The van der Waals surface area contributed by atoms with Gasteiger partial charge in [-0.3, -0.25) is 14.4 Å². The molecule has 1 aliphatic rings. The van der Waals surface area contributed by atoms with Gasteiger partial charge in [0.15, 0.2) is 0 Å². The van der Waals surface area contributed by atoms with Crippen LogP contribution in [0.15, 0.2) is 91.0 Å². The number of para-hydroxylation sites is 2. The van der Waals surface area contributed by atoms with Gasteiger partial charge < -0.3 is 20.4 Å². The molecule has 1 aliphatic heterocycles. The molecule has 0 bridgehead atoms. The van der Waals surface area contributed by atoms with Crippen LogP contribution in [-0.4, -0.2) is 53.2 Å². The fraction of sp³-hybridized carbons (Fsp3) is 0.167. The number of fused-ring (bicyclic) bond motifs is 2. The molecule has 3 amide bonds. The highest BCUT2D eigenvalue weighted by Crippen LogP contribution is 2.37. The number of rotatable bonds is 7. The number of anilines is 2. The third-order valence-electron chi connectivity index (χ3n) is 8.32. The standard InChI is InChI=1S/C36H29FN8O3.ClH/c1-22(40-2)34(46)41-29-21-44(35(47)24-12-14-26(37)15-13-24)33-17-23(18-38)11-16-32(33)43(36(29)48)20-28-27-8-4-6-10-31(27)45(42-28)30-9-5-3-7-25(30)19-39;/h3-17,22,29,40H,20-21H2,1-2H3,(H,41,46);1H. The van der Waals surface area contributed by atoms with Crippen LogP contribution in [0.1, 0.15) is 34.1 Å². The lowest BCUT2D eigenvalue weighted by atomic mass is 10.1. The fourth-order valence-corrected chi connectivity index (χ4v) is 5.68. The van der Waals surface area contributed by atoms with Crippen molar-refractivity contribution in [3.05, 3.63) is 119 Å². The van der Waals surface area contributed by atoms with Crippen molar-refractivity contribution in [3.8, 4) is 17.8 Å². The molecule has 0 radical (unpaired) electrons. The van der Waals surface area contributed by atoms with Crippen LogP contribution >= 0.6 is 12.4 Å². The van der Waals surface area contributed by atoms with E-state index in [1.54, 1.807) is 55.1 Å². The first-order valence-electron chi connectivity index (χ1n) is 15.1. The van der Waals surface area contributed by atoms with Crippen molar-refractivity contribution in [1.82, 2.24) is 20.4 Å². The zero-order chi connectivity index (χ0) is 33.9. The Labute approximate surface area is 287 Å². The first-order valence-corrected chi connectivity index (χ1v) is 15.1. The number of hydrogen-bond acceptors (Lipinski definition) is 7. The monoisotopic (exact) mass is 676 g/mol. The second-order valence-electron chi connectivity index (χ2n) is 11.2. The molecule has 11 nitrogen and oxygen atoms in total. The van der Waals surface area contributed by atoms with Crippen molar-refractivity contribution in [2.45, 2.75) is 25.6 Å². The lowest BCUT2D eigenvalue weighted by Gasteiger charge is -2.26. The van der Waals surface area contributed by atoms with E-state index < -0.39 is 35.6 Å². The van der Waals surface area contributed by atoms with Crippen molar-refractivity contribution in [3.63, 3.8) is 0 Å². The van der Waals surface area contributed by atoms with Crippen molar-refractivity contribution < 1.29 is 18.8 Å². The molecule has 0 aliphatic carbocycles. The molecule has 0 saturated carbocycles. The largest absolute Gasteiger partial charge is 0.341 e. The molecule has 0 spiro atoms. The van der Waals surface area contributed by atoms with Crippen LogP contribution in [0.4, 0.5) is 15.8 Å². The third-order valence-corrected chi connectivity index (χ3v) is 8.32. The fourth-order valence-electron chi connectivity index (χ4n) is 5.68. The molecule has 49 heavy (non-hydrogen) atoms. The number of halogens is 2. The van der Waals surface area contributed by atoms with E-state index >= 15 is 0 Å². The summed E-state index contributed by atoms with van der Waals surface area (Å²) in [5, 5.41) is 30.8. The minimum Gasteiger partial charge on any atom is -0.341 e. The molecule has 6 rings (SSSR count). The number of aromatic nitrogens is 2. The normalized spacial score (nSPS) is 14.6. The number of nitriles is 2. The molecular weight excluding hydrogens is 647 g/mol. The van der Waals surface area contributed by atoms with Crippen molar-refractivity contribution in [1.29, 1.82) is 10.5 Å². The zero-order valence-corrected chi connectivity index (χ0v) is 27.2. The number of benzene rings is 4. The maximum Gasteiger partial charge on any atom is 0.258 e. The average molecular weight is 677 g/mol. The predicted molar refractivity (Wildman–Crippen MR) is 184 cm³/mol. The topological polar surface area (TPSA) is 147 Å². The second kappa shape index (κ2) is 14.4. The van der Waals surface area contributed by atoms with E-state index in [0.29, 0.717) is 28.1 Å². The van der Waals surface area contributed by atoms with Crippen molar-refractivity contribution in [2.24, 2.45) is 0 Å². The van der Waals surface area contributed by atoms with Crippen LogP contribution in [0.25, 0.3) is 16.6 Å². The van der Waals surface area contributed by atoms with E-state index in [2.05, 4.69) is 22.8 Å².